The number of carbonyl (C=O) groups is 1. The van der Waals surface area contributed by atoms with Crippen molar-refractivity contribution in [2.45, 2.75) is 38.1 Å². The van der Waals surface area contributed by atoms with Crippen molar-refractivity contribution in [2.24, 2.45) is 0 Å². The molecule has 1 N–H and O–H groups in total. The molecule has 1 aliphatic heterocycles. The predicted molar refractivity (Wildman–Crippen MR) is 119 cm³/mol. The maximum atomic E-state index is 13.0. The third-order valence-electron chi connectivity index (χ3n) is 5.61. The lowest BCUT2D eigenvalue weighted by atomic mass is 10.1. The van der Waals surface area contributed by atoms with Crippen LogP contribution in [-0.2, 0) is 14.8 Å². The van der Waals surface area contributed by atoms with Gasteiger partial charge in [0.25, 0.3) is 0 Å². The lowest BCUT2D eigenvalue weighted by Crippen LogP contribution is -2.49. The van der Waals surface area contributed by atoms with Gasteiger partial charge in [-0.25, -0.2) is 8.42 Å². The predicted octanol–water partition coefficient (Wildman–Crippen LogP) is 2.88. The molecule has 1 aliphatic rings. The standard InChI is InChI=1S/C23H31N3O3S/c1-18-9-10-22(19(2)17-18)30(28,29)26-15-13-25(14-16-26)12-11-23(27)24-20(3)21-7-5-4-6-8-21/h4-10,17,20H,11-16H2,1-3H3,(H,24,27). The van der Waals surface area contributed by atoms with Crippen LogP contribution in [0, 0.1) is 13.8 Å². The number of carbonyl (C=O) groups excluding carboxylic acids is 1. The van der Waals surface area contributed by atoms with Gasteiger partial charge in [-0.05, 0) is 38.0 Å². The summed E-state index contributed by atoms with van der Waals surface area (Å²) in [5, 5.41) is 3.03. The fourth-order valence-electron chi connectivity index (χ4n) is 3.82. The second kappa shape index (κ2) is 9.73. The number of hydrogen-bond acceptors (Lipinski definition) is 4. The maximum absolute atomic E-state index is 13.0. The molecule has 0 radical (unpaired) electrons. The van der Waals surface area contributed by atoms with Gasteiger partial charge >= 0.3 is 0 Å². The molecule has 1 fully saturated rings. The van der Waals surface area contributed by atoms with E-state index in [0.717, 1.165) is 16.7 Å². The van der Waals surface area contributed by atoms with Crippen molar-refractivity contribution in [1.82, 2.24) is 14.5 Å². The van der Waals surface area contributed by atoms with Gasteiger partial charge in [-0.1, -0.05) is 48.0 Å². The molecule has 1 unspecified atom stereocenters. The summed E-state index contributed by atoms with van der Waals surface area (Å²) in [5.41, 5.74) is 2.91. The molecule has 0 spiro atoms. The summed E-state index contributed by atoms with van der Waals surface area (Å²) < 4.78 is 27.5. The molecule has 1 saturated heterocycles. The summed E-state index contributed by atoms with van der Waals surface area (Å²) in [6.07, 6.45) is 0.404. The van der Waals surface area contributed by atoms with Crippen LogP contribution in [0.25, 0.3) is 0 Å². The quantitative estimate of drug-likeness (QED) is 0.735. The minimum atomic E-state index is -3.48. The van der Waals surface area contributed by atoms with Crippen molar-refractivity contribution in [2.75, 3.05) is 32.7 Å². The lowest BCUT2D eigenvalue weighted by Gasteiger charge is -2.34. The Hall–Kier alpha value is -2.22. The van der Waals surface area contributed by atoms with Gasteiger partial charge in [-0.15, -0.1) is 0 Å². The third-order valence-corrected chi connectivity index (χ3v) is 7.67. The van der Waals surface area contributed by atoms with Crippen molar-refractivity contribution in [3.63, 3.8) is 0 Å². The number of benzene rings is 2. The normalized spacial score (nSPS) is 16.9. The average Bonchev–Trinajstić information content (AvgIpc) is 2.73. The van der Waals surface area contributed by atoms with E-state index in [4.69, 9.17) is 0 Å². The minimum Gasteiger partial charge on any atom is -0.350 e. The van der Waals surface area contributed by atoms with Crippen LogP contribution in [-0.4, -0.2) is 56.3 Å². The molecule has 2 aromatic carbocycles. The minimum absolute atomic E-state index is 0.0108. The SMILES string of the molecule is Cc1ccc(S(=O)(=O)N2CCN(CCC(=O)NC(C)c3ccccc3)CC2)c(C)c1. The first-order chi connectivity index (χ1) is 14.3. The smallest absolute Gasteiger partial charge is 0.243 e. The Morgan fingerprint density at radius 3 is 2.33 bits per heavy atom. The molecule has 3 rings (SSSR count). The molecule has 0 aliphatic carbocycles. The maximum Gasteiger partial charge on any atom is 0.243 e. The molecule has 0 bridgehead atoms. The third kappa shape index (κ3) is 5.47. The highest BCUT2D eigenvalue weighted by molar-refractivity contribution is 7.89. The van der Waals surface area contributed by atoms with E-state index in [1.807, 2.05) is 63.2 Å². The van der Waals surface area contributed by atoms with Gasteiger partial charge in [0.1, 0.15) is 0 Å². The monoisotopic (exact) mass is 429 g/mol. The van der Waals surface area contributed by atoms with E-state index in [2.05, 4.69) is 10.2 Å². The van der Waals surface area contributed by atoms with Crippen LogP contribution >= 0.6 is 0 Å². The molecule has 30 heavy (non-hydrogen) atoms. The molecule has 7 heteroatoms. The number of amides is 1. The van der Waals surface area contributed by atoms with Crippen molar-refractivity contribution < 1.29 is 13.2 Å². The molecule has 0 aromatic heterocycles. The summed E-state index contributed by atoms with van der Waals surface area (Å²) >= 11 is 0. The first-order valence-electron chi connectivity index (χ1n) is 10.4. The van der Waals surface area contributed by atoms with E-state index in [1.54, 1.807) is 10.4 Å². The molecule has 2 aromatic rings. The highest BCUT2D eigenvalue weighted by Gasteiger charge is 2.29. The Morgan fingerprint density at radius 1 is 1.03 bits per heavy atom. The van der Waals surface area contributed by atoms with Crippen LogP contribution in [0.5, 0.6) is 0 Å². The van der Waals surface area contributed by atoms with E-state index in [1.165, 1.54) is 0 Å². The summed E-state index contributed by atoms with van der Waals surface area (Å²) in [4.78, 5) is 14.8. The van der Waals surface area contributed by atoms with Crippen LogP contribution in [0.4, 0.5) is 0 Å². The Morgan fingerprint density at radius 2 is 1.70 bits per heavy atom. The molecule has 1 heterocycles. The Kier molecular flexibility index (Phi) is 7.28. The second-order valence-electron chi connectivity index (χ2n) is 7.96. The van der Waals surface area contributed by atoms with Crippen molar-refractivity contribution >= 4 is 15.9 Å². The van der Waals surface area contributed by atoms with Gasteiger partial charge in [0.15, 0.2) is 0 Å². The molecule has 1 amide bonds. The zero-order valence-electron chi connectivity index (χ0n) is 18.0. The van der Waals surface area contributed by atoms with Crippen LogP contribution in [0.2, 0.25) is 0 Å². The largest absolute Gasteiger partial charge is 0.350 e. The number of nitrogens with zero attached hydrogens (tertiary/aromatic N) is 2. The number of sulfonamides is 1. The van der Waals surface area contributed by atoms with Crippen LogP contribution in [0.15, 0.2) is 53.4 Å². The fourth-order valence-corrected chi connectivity index (χ4v) is 5.45. The van der Waals surface area contributed by atoms with Gasteiger partial charge in [0.05, 0.1) is 10.9 Å². The Labute approximate surface area is 179 Å². The summed E-state index contributed by atoms with van der Waals surface area (Å²) in [7, 11) is -3.48. The van der Waals surface area contributed by atoms with Crippen molar-refractivity contribution in [3.8, 4) is 0 Å². The number of nitrogens with one attached hydrogen (secondary N) is 1. The summed E-state index contributed by atoms with van der Waals surface area (Å²) in [6, 6.07) is 15.3. The van der Waals surface area contributed by atoms with Crippen molar-refractivity contribution in [1.29, 1.82) is 0 Å². The summed E-state index contributed by atoms with van der Waals surface area (Å²) in [6.45, 7) is 8.55. The van der Waals surface area contributed by atoms with E-state index in [9.17, 15) is 13.2 Å². The molecule has 1 atom stereocenters. The highest BCUT2D eigenvalue weighted by Crippen LogP contribution is 2.22. The first-order valence-corrected chi connectivity index (χ1v) is 11.9. The van der Waals surface area contributed by atoms with Gasteiger partial charge in [-0.2, -0.15) is 4.31 Å². The highest BCUT2D eigenvalue weighted by atomic mass is 32.2. The number of rotatable bonds is 7. The first kappa shape index (κ1) is 22.5. The Bertz CT molecular complexity index is 968. The van der Waals surface area contributed by atoms with Gasteiger partial charge in [0, 0.05) is 39.1 Å². The van der Waals surface area contributed by atoms with Crippen LogP contribution < -0.4 is 5.32 Å². The number of hydrogen-bond donors (Lipinski definition) is 1. The molecular weight excluding hydrogens is 398 g/mol. The molecule has 6 nitrogen and oxygen atoms in total. The average molecular weight is 430 g/mol. The van der Waals surface area contributed by atoms with E-state index in [-0.39, 0.29) is 11.9 Å². The van der Waals surface area contributed by atoms with Gasteiger partial charge in [0.2, 0.25) is 15.9 Å². The van der Waals surface area contributed by atoms with Gasteiger partial charge < -0.3 is 10.2 Å². The van der Waals surface area contributed by atoms with E-state index < -0.39 is 10.0 Å². The summed E-state index contributed by atoms with van der Waals surface area (Å²) in [5.74, 6) is 0.0108. The van der Waals surface area contributed by atoms with Crippen LogP contribution in [0.3, 0.4) is 0 Å². The molecule has 162 valence electrons. The Balaban J connectivity index is 1.48. The zero-order valence-corrected chi connectivity index (χ0v) is 18.8. The van der Waals surface area contributed by atoms with E-state index >= 15 is 0 Å². The number of piperazine rings is 1. The topological polar surface area (TPSA) is 69.7 Å². The van der Waals surface area contributed by atoms with Crippen molar-refractivity contribution in [3.05, 3.63) is 65.2 Å². The number of aryl methyl sites for hydroxylation is 2. The fraction of sp³-hybridized carbons (Fsp3) is 0.435. The molecule has 0 saturated carbocycles. The van der Waals surface area contributed by atoms with Gasteiger partial charge in [-0.3, -0.25) is 4.79 Å². The molecular formula is C23H31N3O3S. The van der Waals surface area contributed by atoms with Crippen LogP contribution in [0.1, 0.15) is 36.1 Å². The lowest BCUT2D eigenvalue weighted by molar-refractivity contribution is -0.122. The van der Waals surface area contributed by atoms with E-state index in [0.29, 0.717) is 44.0 Å². The zero-order chi connectivity index (χ0) is 21.7. The second-order valence-corrected chi connectivity index (χ2v) is 9.87.